The van der Waals surface area contributed by atoms with Crippen molar-refractivity contribution in [1.29, 1.82) is 0 Å². The number of imide groups is 1. The monoisotopic (exact) mass is 279 g/mol. The Hall–Kier alpha value is -2.44. The van der Waals surface area contributed by atoms with E-state index in [1.807, 2.05) is 0 Å². The van der Waals surface area contributed by atoms with Crippen molar-refractivity contribution in [3.8, 4) is 0 Å². The maximum atomic E-state index is 13.4. The number of carbonyl (C=O) groups is 3. The van der Waals surface area contributed by atoms with Crippen LogP contribution in [0.1, 0.15) is 23.7 Å². The van der Waals surface area contributed by atoms with Gasteiger partial charge in [0.05, 0.1) is 5.69 Å². The summed E-state index contributed by atoms with van der Waals surface area (Å²) in [6.45, 7) is 1.50. The molecular formula is C13H14FN3O3. The number of nitrogen functional groups attached to an aromatic ring is 1. The average Bonchev–Trinajstić information content (AvgIpc) is 2.40. The van der Waals surface area contributed by atoms with Gasteiger partial charge in [0.25, 0.3) is 5.91 Å². The molecule has 1 atom stereocenters. The quantitative estimate of drug-likeness (QED) is 0.601. The molecular weight excluding hydrogens is 265 g/mol. The summed E-state index contributed by atoms with van der Waals surface area (Å²) in [5.74, 6) is -2.35. The molecule has 1 aromatic rings. The van der Waals surface area contributed by atoms with Crippen molar-refractivity contribution >= 4 is 23.4 Å². The SMILES string of the molecule is CCC1C(=O)NC(=O)CN1C(=O)c1ccc(N)c(F)c1. The molecule has 2 rings (SSSR count). The highest BCUT2D eigenvalue weighted by Gasteiger charge is 2.35. The molecule has 7 heteroatoms. The minimum atomic E-state index is -0.735. The van der Waals surface area contributed by atoms with Gasteiger partial charge in [0.1, 0.15) is 18.4 Å². The van der Waals surface area contributed by atoms with Gasteiger partial charge < -0.3 is 10.6 Å². The second kappa shape index (κ2) is 5.28. The number of halogens is 1. The molecule has 3 N–H and O–H groups in total. The molecule has 1 aromatic carbocycles. The second-order valence-electron chi connectivity index (χ2n) is 4.51. The fourth-order valence-corrected chi connectivity index (χ4v) is 2.11. The Morgan fingerprint density at radius 3 is 2.80 bits per heavy atom. The van der Waals surface area contributed by atoms with Crippen LogP contribution in [0, 0.1) is 5.82 Å². The zero-order valence-corrected chi connectivity index (χ0v) is 10.9. The zero-order valence-electron chi connectivity index (χ0n) is 10.9. The molecule has 1 aliphatic heterocycles. The molecule has 0 aliphatic carbocycles. The fraction of sp³-hybridized carbons (Fsp3) is 0.308. The van der Waals surface area contributed by atoms with Gasteiger partial charge in [-0.15, -0.1) is 0 Å². The van der Waals surface area contributed by atoms with Crippen LogP contribution in [0.3, 0.4) is 0 Å². The average molecular weight is 279 g/mol. The standard InChI is InChI=1S/C13H14FN3O3/c1-2-10-12(19)16-11(18)6-17(10)13(20)7-3-4-9(15)8(14)5-7/h3-5,10H,2,6,15H2,1H3,(H,16,18,19). The Balaban J connectivity index is 2.32. The van der Waals surface area contributed by atoms with Crippen molar-refractivity contribution < 1.29 is 18.8 Å². The van der Waals surface area contributed by atoms with Gasteiger partial charge in [0.15, 0.2) is 0 Å². The van der Waals surface area contributed by atoms with Gasteiger partial charge in [-0.3, -0.25) is 19.7 Å². The largest absolute Gasteiger partial charge is 0.396 e. The molecule has 1 saturated heterocycles. The van der Waals surface area contributed by atoms with Gasteiger partial charge >= 0.3 is 0 Å². The topological polar surface area (TPSA) is 92.5 Å². The number of nitrogens with two attached hydrogens (primary N) is 1. The molecule has 1 aliphatic rings. The number of nitrogens with zero attached hydrogens (tertiary/aromatic N) is 1. The Morgan fingerprint density at radius 2 is 2.20 bits per heavy atom. The van der Waals surface area contributed by atoms with Gasteiger partial charge in [-0.1, -0.05) is 6.92 Å². The molecule has 0 spiro atoms. The summed E-state index contributed by atoms with van der Waals surface area (Å²) in [6.07, 6.45) is 0.363. The summed E-state index contributed by atoms with van der Waals surface area (Å²) in [5.41, 5.74) is 5.33. The van der Waals surface area contributed by atoms with E-state index < -0.39 is 29.6 Å². The number of piperazine rings is 1. The first-order chi connectivity index (χ1) is 9.43. The molecule has 0 bridgehead atoms. The van der Waals surface area contributed by atoms with Crippen molar-refractivity contribution in [2.24, 2.45) is 0 Å². The third-order valence-electron chi connectivity index (χ3n) is 3.15. The van der Waals surface area contributed by atoms with Crippen LogP contribution in [0.5, 0.6) is 0 Å². The van der Waals surface area contributed by atoms with Gasteiger partial charge in [-0.2, -0.15) is 0 Å². The second-order valence-corrected chi connectivity index (χ2v) is 4.51. The summed E-state index contributed by atoms with van der Waals surface area (Å²) < 4.78 is 13.4. The lowest BCUT2D eigenvalue weighted by molar-refractivity contribution is -0.138. The van der Waals surface area contributed by atoms with Crippen LogP contribution < -0.4 is 11.1 Å². The normalized spacial score (nSPS) is 18.9. The van der Waals surface area contributed by atoms with Crippen LogP contribution in [0.15, 0.2) is 18.2 Å². The molecule has 0 aromatic heterocycles. The Bertz CT molecular complexity index is 588. The molecule has 106 valence electrons. The Kier molecular flexibility index (Phi) is 3.69. The van der Waals surface area contributed by atoms with E-state index in [1.165, 1.54) is 12.1 Å². The van der Waals surface area contributed by atoms with Gasteiger partial charge in [0.2, 0.25) is 11.8 Å². The summed E-state index contributed by atoms with van der Waals surface area (Å²) in [4.78, 5) is 36.5. The van der Waals surface area contributed by atoms with E-state index in [-0.39, 0.29) is 17.8 Å². The van der Waals surface area contributed by atoms with Gasteiger partial charge in [-0.05, 0) is 24.6 Å². The molecule has 1 unspecified atom stereocenters. The van der Waals surface area contributed by atoms with Crippen molar-refractivity contribution in [1.82, 2.24) is 10.2 Å². The number of hydrogen-bond acceptors (Lipinski definition) is 4. The predicted molar refractivity (Wildman–Crippen MR) is 69.1 cm³/mol. The number of rotatable bonds is 2. The molecule has 3 amide bonds. The number of benzene rings is 1. The molecule has 1 fully saturated rings. The number of hydrogen-bond donors (Lipinski definition) is 2. The van der Waals surface area contributed by atoms with E-state index in [9.17, 15) is 18.8 Å². The van der Waals surface area contributed by atoms with Crippen molar-refractivity contribution in [3.63, 3.8) is 0 Å². The summed E-state index contributed by atoms with van der Waals surface area (Å²) in [7, 11) is 0. The molecule has 6 nitrogen and oxygen atoms in total. The van der Waals surface area contributed by atoms with Crippen molar-refractivity contribution in [2.75, 3.05) is 12.3 Å². The van der Waals surface area contributed by atoms with E-state index >= 15 is 0 Å². The van der Waals surface area contributed by atoms with Crippen LogP contribution >= 0.6 is 0 Å². The van der Waals surface area contributed by atoms with E-state index in [0.717, 1.165) is 11.0 Å². The van der Waals surface area contributed by atoms with Crippen LogP contribution in [-0.4, -0.2) is 35.2 Å². The van der Waals surface area contributed by atoms with Crippen molar-refractivity contribution in [3.05, 3.63) is 29.6 Å². The fourth-order valence-electron chi connectivity index (χ4n) is 2.11. The van der Waals surface area contributed by atoms with E-state index in [4.69, 9.17) is 5.73 Å². The van der Waals surface area contributed by atoms with Gasteiger partial charge in [-0.25, -0.2) is 4.39 Å². The Morgan fingerprint density at radius 1 is 1.50 bits per heavy atom. The third kappa shape index (κ3) is 2.47. The summed E-state index contributed by atoms with van der Waals surface area (Å²) in [6, 6.07) is 2.90. The van der Waals surface area contributed by atoms with Crippen LogP contribution in [-0.2, 0) is 9.59 Å². The number of amides is 3. The molecule has 0 radical (unpaired) electrons. The number of carbonyl (C=O) groups excluding carboxylic acids is 3. The minimum absolute atomic E-state index is 0.0534. The summed E-state index contributed by atoms with van der Waals surface area (Å²) >= 11 is 0. The Labute approximate surface area is 114 Å². The lowest BCUT2D eigenvalue weighted by atomic mass is 10.1. The highest BCUT2D eigenvalue weighted by molar-refractivity contribution is 6.07. The predicted octanol–water partition coefficient (Wildman–Crippen LogP) is 0.285. The van der Waals surface area contributed by atoms with E-state index in [2.05, 4.69) is 5.32 Å². The van der Waals surface area contributed by atoms with Crippen LogP contribution in [0.25, 0.3) is 0 Å². The highest BCUT2D eigenvalue weighted by Crippen LogP contribution is 2.17. The maximum Gasteiger partial charge on any atom is 0.255 e. The lowest BCUT2D eigenvalue weighted by Gasteiger charge is -2.33. The smallest absolute Gasteiger partial charge is 0.255 e. The molecule has 0 saturated carbocycles. The van der Waals surface area contributed by atoms with Crippen LogP contribution in [0.2, 0.25) is 0 Å². The van der Waals surface area contributed by atoms with E-state index in [0.29, 0.717) is 6.42 Å². The lowest BCUT2D eigenvalue weighted by Crippen LogP contribution is -2.59. The van der Waals surface area contributed by atoms with E-state index in [1.54, 1.807) is 6.92 Å². The van der Waals surface area contributed by atoms with Crippen molar-refractivity contribution in [2.45, 2.75) is 19.4 Å². The van der Waals surface area contributed by atoms with Crippen LogP contribution in [0.4, 0.5) is 10.1 Å². The first-order valence-corrected chi connectivity index (χ1v) is 6.13. The summed E-state index contributed by atoms with van der Waals surface area (Å²) in [5, 5.41) is 2.17. The molecule has 20 heavy (non-hydrogen) atoms. The molecule has 1 heterocycles. The third-order valence-corrected chi connectivity index (χ3v) is 3.15. The number of nitrogens with one attached hydrogen (secondary N) is 1. The minimum Gasteiger partial charge on any atom is -0.396 e. The maximum absolute atomic E-state index is 13.4. The van der Waals surface area contributed by atoms with Gasteiger partial charge in [0, 0.05) is 5.56 Å². The highest BCUT2D eigenvalue weighted by atomic mass is 19.1. The first-order valence-electron chi connectivity index (χ1n) is 6.13. The zero-order chi connectivity index (χ0) is 14.9. The number of anilines is 1. The first kappa shape index (κ1) is 14.0.